The Labute approximate surface area is 112 Å². The van der Waals surface area contributed by atoms with Crippen molar-refractivity contribution in [2.45, 2.75) is 25.9 Å². The van der Waals surface area contributed by atoms with E-state index in [0.29, 0.717) is 19.4 Å². The summed E-state index contributed by atoms with van der Waals surface area (Å²) in [5.74, 6) is 1.04. The first-order valence-corrected chi connectivity index (χ1v) is 6.40. The predicted molar refractivity (Wildman–Crippen MR) is 67.8 cm³/mol. The molecule has 102 valence electrons. The van der Waals surface area contributed by atoms with Crippen molar-refractivity contribution in [3.8, 4) is 6.07 Å². The van der Waals surface area contributed by atoms with Crippen molar-refractivity contribution in [3.05, 3.63) is 12.2 Å². The summed E-state index contributed by atoms with van der Waals surface area (Å²) in [6, 6.07) is 2.04. The van der Waals surface area contributed by atoms with Crippen LogP contribution in [0.25, 0.3) is 0 Å². The number of aromatic nitrogens is 3. The summed E-state index contributed by atoms with van der Waals surface area (Å²) >= 11 is 0. The van der Waals surface area contributed by atoms with E-state index in [2.05, 4.69) is 15.1 Å². The quantitative estimate of drug-likeness (QED) is 0.738. The molecule has 0 fully saturated rings. The van der Waals surface area contributed by atoms with Gasteiger partial charge in [0.05, 0.1) is 19.0 Å². The Hall–Kier alpha value is -1.94. The maximum atomic E-state index is 11.8. The van der Waals surface area contributed by atoms with Gasteiger partial charge in [-0.2, -0.15) is 5.26 Å². The molecular weight excluding hydrogens is 244 g/mol. The second-order valence-corrected chi connectivity index (χ2v) is 4.69. The molecule has 0 radical (unpaired) electrons. The first-order valence-electron chi connectivity index (χ1n) is 6.40. The summed E-state index contributed by atoms with van der Waals surface area (Å²) in [6.07, 6.45) is 2.61. The second-order valence-electron chi connectivity index (χ2n) is 4.69. The van der Waals surface area contributed by atoms with Gasteiger partial charge in [-0.3, -0.25) is 9.69 Å². The number of carbonyl (C=O) groups is 1. The van der Waals surface area contributed by atoms with E-state index in [1.807, 2.05) is 10.6 Å². The molecule has 0 spiro atoms. The zero-order valence-corrected chi connectivity index (χ0v) is 11.1. The summed E-state index contributed by atoms with van der Waals surface area (Å²) in [4.78, 5) is 15.7. The van der Waals surface area contributed by atoms with E-state index in [4.69, 9.17) is 5.26 Å². The van der Waals surface area contributed by atoms with Gasteiger partial charge in [0, 0.05) is 39.6 Å². The van der Waals surface area contributed by atoms with Crippen LogP contribution in [0.4, 0.5) is 0 Å². The Kier molecular flexibility index (Phi) is 4.47. The number of hydrogen-bond acceptors (Lipinski definition) is 5. The molecule has 0 N–H and O–H groups in total. The highest BCUT2D eigenvalue weighted by atomic mass is 16.2. The molecule has 1 aromatic rings. The SMILES string of the molecule is CN(CCC#N)C(=O)CCN1CCn2cnnc2C1. The summed E-state index contributed by atoms with van der Waals surface area (Å²) in [7, 11) is 1.74. The number of amides is 1. The van der Waals surface area contributed by atoms with Gasteiger partial charge in [-0.1, -0.05) is 0 Å². The van der Waals surface area contributed by atoms with Gasteiger partial charge in [0.15, 0.2) is 0 Å². The highest BCUT2D eigenvalue weighted by Crippen LogP contribution is 2.09. The van der Waals surface area contributed by atoms with Crippen molar-refractivity contribution >= 4 is 5.91 Å². The van der Waals surface area contributed by atoms with Crippen molar-refractivity contribution in [2.75, 3.05) is 26.7 Å². The first-order chi connectivity index (χ1) is 9.20. The number of fused-ring (bicyclic) bond motifs is 1. The van der Waals surface area contributed by atoms with Gasteiger partial charge in [0.1, 0.15) is 12.2 Å². The molecule has 0 atom stereocenters. The van der Waals surface area contributed by atoms with Crippen LogP contribution in [0.15, 0.2) is 6.33 Å². The van der Waals surface area contributed by atoms with Crippen LogP contribution >= 0.6 is 0 Å². The molecule has 1 aromatic heterocycles. The van der Waals surface area contributed by atoms with E-state index >= 15 is 0 Å². The molecule has 1 aliphatic rings. The zero-order valence-electron chi connectivity index (χ0n) is 11.1. The van der Waals surface area contributed by atoms with E-state index in [1.165, 1.54) is 0 Å². The summed E-state index contributed by atoms with van der Waals surface area (Å²) in [5, 5.41) is 16.4. The largest absolute Gasteiger partial charge is 0.345 e. The van der Waals surface area contributed by atoms with Gasteiger partial charge in [-0.25, -0.2) is 0 Å². The van der Waals surface area contributed by atoms with Gasteiger partial charge in [0.2, 0.25) is 5.91 Å². The Morgan fingerprint density at radius 3 is 3.21 bits per heavy atom. The van der Waals surface area contributed by atoms with Crippen molar-refractivity contribution < 1.29 is 4.79 Å². The Morgan fingerprint density at radius 1 is 1.58 bits per heavy atom. The third-order valence-electron chi connectivity index (χ3n) is 3.34. The molecule has 2 heterocycles. The monoisotopic (exact) mass is 262 g/mol. The van der Waals surface area contributed by atoms with Crippen LogP contribution in [0.1, 0.15) is 18.7 Å². The predicted octanol–water partition coefficient (Wildman–Crippen LogP) is -0.144. The Morgan fingerprint density at radius 2 is 2.42 bits per heavy atom. The average Bonchev–Trinajstić information content (AvgIpc) is 2.89. The fourth-order valence-electron chi connectivity index (χ4n) is 2.09. The lowest BCUT2D eigenvalue weighted by atomic mass is 10.3. The second kappa shape index (κ2) is 6.29. The number of rotatable bonds is 5. The lowest BCUT2D eigenvalue weighted by molar-refractivity contribution is -0.130. The van der Waals surface area contributed by atoms with Crippen molar-refractivity contribution in [2.24, 2.45) is 0 Å². The average molecular weight is 262 g/mol. The third-order valence-corrected chi connectivity index (χ3v) is 3.34. The summed E-state index contributed by atoms with van der Waals surface area (Å²) in [5.41, 5.74) is 0. The fraction of sp³-hybridized carbons (Fsp3) is 0.667. The Balaban J connectivity index is 1.75. The van der Waals surface area contributed by atoms with Crippen LogP contribution in [0, 0.1) is 11.3 Å². The van der Waals surface area contributed by atoms with E-state index < -0.39 is 0 Å². The topological polar surface area (TPSA) is 78.0 Å². The number of nitriles is 1. The summed E-state index contributed by atoms with van der Waals surface area (Å²) < 4.78 is 2.04. The first kappa shape index (κ1) is 13.5. The molecule has 0 unspecified atom stereocenters. The van der Waals surface area contributed by atoms with E-state index in [9.17, 15) is 4.79 Å². The molecule has 0 saturated carbocycles. The normalized spacial score (nSPS) is 14.7. The molecule has 1 amide bonds. The molecule has 0 bridgehead atoms. The fourth-order valence-corrected chi connectivity index (χ4v) is 2.09. The number of nitrogens with zero attached hydrogens (tertiary/aromatic N) is 6. The van der Waals surface area contributed by atoms with E-state index in [1.54, 1.807) is 18.3 Å². The van der Waals surface area contributed by atoms with Crippen LogP contribution in [-0.4, -0.2) is 57.2 Å². The maximum Gasteiger partial charge on any atom is 0.223 e. The standard InChI is InChI=1S/C12H18N6O/c1-16(5-2-4-13)12(19)3-6-17-7-8-18-10-14-15-11(18)9-17/h10H,2-3,5-9H2,1H3. The van der Waals surface area contributed by atoms with Gasteiger partial charge in [-0.15, -0.1) is 10.2 Å². The van der Waals surface area contributed by atoms with E-state index in [0.717, 1.165) is 32.0 Å². The summed E-state index contributed by atoms with van der Waals surface area (Å²) in [6.45, 7) is 3.77. The minimum absolute atomic E-state index is 0.0855. The van der Waals surface area contributed by atoms with Crippen LogP contribution in [0.2, 0.25) is 0 Å². The van der Waals surface area contributed by atoms with Gasteiger partial charge in [-0.05, 0) is 0 Å². The van der Waals surface area contributed by atoms with Crippen molar-refractivity contribution in [1.82, 2.24) is 24.6 Å². The third kappa shape index (κ3) is 3.51. The molecule has 1 aliphatic heterocycles. The highest BCUT2D eigenvalue weighted by molar-refractivity contribution is 5.76. The van der Waals surface area contributed by atoms with Gasteiger partial charge >= 0.3 is 0 Å². The molecular formula is C12H18N6O. The molecule has 7 nitrogen and oxygen atoms in total. The van der Waals surface area contributed by atoms with E-state index in [-0.39, 0.29) is 5.91 Å². The molecule has 19 heavy (non-hydrogen) atoms. The minimum atomic E-state index is 0.0855. The zero-order chi connectivity index (χ0) is 13.7. The highest BCUT2D eigenvalue weighted by Gasteiger charge is 2.18. The minimum Gasteiger partial charge on any atom is -0.345 e. The van der Waals surface area contributed by atoms with Crippen LogP contribution in [0.5, 0.6) is 0 Å². The molecule has 0 aromatic carbocycles. The Bertz CT molecular complexity index is 477. The van der Waals surface area contributed by atoms with Gasteiger partial charge < -0.3 is 9.47 Å². The number of carbonyl (C=O) groups excluding carboxylic acids is 1. The van der Waals surface area contributed by atoms with Crippen LogP contribution < -0.4 is 0 Å². The molecule has 7 heteroatoms. The van der Waals surface area contributed by atoms with Crippen LogP contribution in [0.3, 0.4) is 0 Å². The molecule has 2 rings (SSSR count). The number of hydrogen-bond donors (Lipinski definition) is 0. The van der Waals surface area contributed by atoms with Crippen molar-refractivity contribution in [1.29, 1.82) is 5.26 Å². The molecule has 0 aliphatic carbocycles. The van der Waals surface area contributed by atoms with Crippen molar-refractivity contribution in [3.63, 3.8) is 0 Å². The smallest absolute Gasteiger partial charge is 0.223 e. The lowest BCUT2D eigenvalue weighted by Crippen LogP contribution is -2.37. The van der Waals surface area contributed by atoms with Gasteiger partial charge in [0.25, 0.3) is 0 Å². The van der Waals surface area contributed by atoms with Crippen LogP contribution in [-0.2, 0) is 17.9 Å². The maximum absolute atomic E-state index is 11.8. The lowest BCUT2D eigenvalue weighted by Gasteiger charge is -2.27. The molecule has 0 saturated heterocycles.